The minimum absolute atomic E-state index is 0.271. The Morgan fingerprint density at radius 3 is 2.68 bits per heavy atom. The number of hydrogen-bond donors (Lipinski definition) is 1. The topological polar surface area (TPSA) is 42.2 Å². The van der Waals surface area contributed by atoms with E-state index in [9.17, 15) is 9.90 Å². The lowest BCUT2D eigenvalue weighted by Gasteiger charge is -2.06. The van der Waals surface area contributed by atoms with E-state index in [2.05, 4.69) is 25.8 Å². The third-order valence-electron chi connectivity index (χ3n) is 3.46. The van der Waals surface area contributed by atoms with Gasteiger partial charge in [0.25, 0.3) is 0 Å². The Labute approximate surface area is 112 Å². The predicted octanol–water partition coefficient (Wildman–Crippen LogP) is 3.40. The monoisotopic (exact) mass is 255 g/mol. The van der Waals surface area contributed by atoms with E-state index in [1.54, 1.807) is 4.57 Å². The van der Waals surface area contributed by atoms with Crippen LogP contribution in [-0.4, -0.2) is 15.6 Å². The lowest BCUT2D eigenvalue weighted by Crippen LogP contribution is -2.08. The number of terminal acetylenes is 1. The van der Waals surface area contributed by atoms with Crippen molar-refractivity contribution >= 4 is 16.9 Å². The molecule has 0 saturated heterocycles. The molecule has 1 aromatic carbocycles. The van der Waals surface area contributed by atoms with Crippen LogP contribution in [0.4, 0.5) is 0 Å². The van der Waals surface area contributed by atoms with Crippen molar-refractivity contribution in [1.29, 1.82) is 0 Å². The van der Waals surface area contributed by atoms with E-state index < -0.39 is 5.97 Å². The van der Waals surface area contributed by atoms with Crippen LogP contribution in [0.2, 0.25) is 0 Å². The second-order valence-corrected chi connectivity index (χ2v) is 5.00. The molecule has 0 unspecified atom stereocenters. The van der Waals surface area contributed by atoms with Crippen molar-refractivity contribution in [2.45, 2.75) is 33.2 Å². The van der Waals surface area contributed by atoms with Crippen LogP contribution in [0.5, 0.6) is 0 Å². The molecular formula is C16H17NO2. The van der Waals surface area contributed by atoms with Gasteiger partial charge in [-0.15, -0.1) is 6.42 Å². The van der Waals surface area contributed by atoms with Crippen molar-refractivity contribution in [3.05, 3.63) is 35.0 Å². The Morgan fingerprint density at radius 2 is 2.16 bits per heavy atom. The van der Waals surface area contributed by atoms with Gasteiger partial charge in [0.15, 0.2) is 0 Å². The number of hydrogen-bond acceptors (Lipinski definition) is 1. The summed E-state index contributed by atoms with van der Waals surface area (Å²) in [5.41, 5.74) is 3.15. The zero-order chi connectivity index (χ0) is 14.2. The van der Waals surface area contributed by atoms with Gasteiger partial charge in [0, 0.05) is 10.9 Å². The first-order chi connectivity index (χ1) is 8.97. The summed E-state index contributed by atoms with van der Waals surface area (Å²) in [5, 5.41) is 10.3. The second-order valence-electron chi connectivity index (χ2n) is 5.00. The average molecular weight is 255 g/mol. The Kier molecular flexibility index (Phi) is 3.35. The van der Waals surface area contributed by atoms with E-state index in [-0.39, 0.29) is 12.2 Å². The molecular weight excluding hydrogens is 238 g/mol. The summed E-state index contributed by atoms with van der Waals surface area (Å²) in [6.45, 7) is 6.34. The molecule has 0 atom stereocenters. The number of rotatable bonds is 3. The van der Waals surface area contributed by atoms with E-state index >= 15 is 0 Å². The third-order valence-corrected chi connectivity index (χ3v) is 3.46. The zero-order valence-electron chi connectivity index (χ0n) is 11.4. The smallest absolute Gasteiger partial charge is 0.352 e. The molecule has 0 amide bonds. The fourth-order valence-corrected chi connectivity index (χ4v) is 2.43. The Morgan fingerprint density at radius 1 is 1.47 bits per heavy atom. The molecule has 0 spiro atoms. The molecule has 98 valence electrons. The highest BCUT2D eigenvalue weighted by atomic mass is 16.4. The molecule has 0 aliphatic carbocycles. The molecule has 2 rings (SSSR count). The molecule has 0 saturated carbocycles. The van der Waals surface area contributed by atoms with Gasteiger partial charge in [-0.25, -0.2) is 4.79 Å². The maximum absolute atomic E-state index is 11.4. The molecule has 19 heavy (non-hydrogen) atoms. The predicted molar refractivity (Wildman–Crippen MR) is 76.6 cm³/mol. The van der Waals surface area contributed by atoms with Crippen molar-refractivity contribution in [3.63, 3.8) is 0 Å². The first kappa shape index (κ1) is 13.2. The molecule has 0 aliphatic heterocycles. The quantitative estimate of drug-likeness (QED) is 0.854. The highest BCUT2D eigenvalue weighted by molar-refractivity contribution is 5.98. The minimum atomic E-state index is -0.935. The van der Waals surface area contributed by atoms with E-state index in [0.29, 0.717) is 5.92 Å². The van der Waals surface area contributed by atoms with Crippen molar-refractivity contribution in [3.8, 4) is 12.3 Å². The lowest BCUT2D eigenvalue weighted by atomic mass is 10.0. The molecule has 0 fully saturated rings. The Hall–Kier alpha value is -2.21. The van der Waals surface area contributed by atoms with Crippen LogP contribution in [0.3, 0.4) is 0 Å². The summed E-state index contributed by atoms with van der Waals surface area (Å²) >= 11 is 0. The van der Waals surface area contributed by atoms with E-state index in [4.69, 9.17) is 6.42 Å². The molecule has 0 radical (unpaired) electrons. The normalized spacial score (nSPS) is 10.9. The van der Waals surface area contributed by atoms with Crippen molar-refractivity contribution in [1.82, 2.24) is 4.57 Å². The van der Waals surface area contributed by atoms with Crippen LogP contribution >= 0.6 is 0 Å². The molecule has 1 N–H and O–H groups in total. The first-order valence-corrected chi connectivity index (χ1v) is 6.26. The van der Waals surface area contributed by atoms with E-state index in [1.165, 1.54) is 5.56 Å². The highest BCUT2D eigenvalue weighted by Gasteiger charge is 2.19. The molecule has 1 aromatic heterocycles. The van der Waals surface area contributed by atoms with Gasteiger partial charge in [-0.1, -0.05) is 25.8 Å². The summed E-state index contributed by atoms with van der Waals surface area (Å²) in [6.07, 6.45) is 5.34. The van der Waals surface area contributed by atoms with Crippen LogP contribution in [-0.2, 0) is 6.54 Å². The maximum Gasteiger partial charge on any atom is 0.352 e. The van der Waals surface area contributed by atoms with Crippen molar-refractivity contribution in [2.75, 3.05) is 0 Å². The number of fused-ring (bicyclic) bond motifs is 1. The van der Waals surface area contributed by atoms with Gasteiger partial charge in [0.05, 0.1) is 6.54 Å². The SMILES string of the molecule is C#CCn1c(C(=O)O)c(C)c2cc(C(C)C)ccc21. The minimum Gasteiger partial charge on any atom is -0.477 e. The van der Waals surface area contributed by atoms with E-state index in [1.807, 2.05) is 19.1 Å². The van der Waals surface area contributed by atoms with Crippen LogP contribution in [0, 0.1) is 19.3 Å². The van der Waals surface area contributed by atoms with Gasteiger partial charge in [-0.2, -0.15) is 0 Å². The van der Waals surface area contributed by atoms with E-state index in [0.717, 1.165) is 16.5 Å². The number of aromatic nitrogens is 1. The maximum atomic E-state index is 11.4. The number of carboxylic acid groups (broad SMARTS) is 1. The molecule has 0 aliphatic rings. The number of nitrogens with zero attached hydrogens (tertiary/aromatic N) is 1. The second kappa shape index (κ2) is 4.81. The van der Waals surface area contributed by atoms with Gasteiger partial charge < -0.3 is 9.67 Å². The van der Waals surface area contributed by atoms with Crippen molar-refractivity contribution in [2.24, 2.45) is 0 Å². The first-order valence-electron chi connectivity index (χ1n) is 6.26. The third kappa shape index (κ3) is 2.10. The molecule has 1 heterocycles. The Balaban J connectivity index is 2.81. The van der Waals surface area contributed by atoms with Crippen LogP contribution in [0.15, 0.2) is 18.2 Å². The molecule has 3 nitrogen and oxygen atoms in total. The molecule has 0 bridgehead atoms. The summed E-state index contributed by atoms with van der Waals surface area (Å²) < 4.78 is 1.69. The average Bonchev–Trinajstić information content (AvgIpc) is 2.63. The van der Waals surface area contributed by atoms with Crippen molar-refractivity contribution < 1.29 is 9.90 Å². The summed E-state index contributed by atoms with van der Waals surface area (Å²) in [4.78, 5) is 11.4. The van der Waals surface area contributed by atoms with Gasteiger partial charge in [0.2, 0.25) is 0 Å². The summed E-state index contributed by atoms with van der Waals surface area (Å²) in [6, 6.07) is 6.06. The van der Waals surface area contributed by atoms with Crippen LogP contribution < -0.4 is 0 Å². The summed E-state index contributed by atoms with van der Waals surface area (Å²) in [7, 11) is 0. The number of aromatic carboxylic acids is 1. The number of carbonyl (C=O) groups is 1. The zero-order valence-corrected chi connectivity index (χ0v) is 11.4. The number of carboxylic acids is 1. The fourth-order valence-electron chi connectivity index (χ4n) is 2.43. The van der Waals surface area contributed by atoms with Crippen LogP contribution in [0.25, 0.3) is 10.9 Å². The van der Waals surface area contributed by atoms with Gasteiger partial charge in [0.1, 0.15) is 5.69 Å². The fraction of sp³-hybridized carbons (Fsp3) is 0.312. The van der Waals surface area contributed by atoms with Gasteiger partial charge in [-0.3, -0.25) is 0 Å². The standard InChI is InChI=1S/C16H17NO2/c1-5-8-17-14-7-6-12(10(2)3)9-13(14)11(4)15(17)16(18)19/h1,6-7,9-10H,8H2,2-4H3,(H,18,19). The lowest BCUT2D eigenvalue weighted by molar-refractivity contribution is 0.0685. The molecule has 3 heteroatoms. The largest absolute Gasteiger partial charge is 0.477 e. The number of aryl methyl sites for hydroxylation is 1. The van der Waals surface area contributed by atoms with Crippen LogP contribution in [0.1, 0.15) is 41.4 Å². The number of benzene rings is 1. The highest BCUT2D eigenvalue weighted by Crippen LogP contribution is 2.29. The van der Waals surface area contributed by atoms with Gasteiger partial charge in [-0.05, 0) is 36.1 Å². The molecule has 2 aromatic rings. The summed E-state index contributed by atoms with van der Waals surface area (Å²) in [5.74, 6) is 2.00. The van der Waals surface area contributed by atoms with Gasteiger partial charge >= 0.3 is 5.97 Å². The Bertz CT molecular complexity index is 687.